The van der Waals surface area contributed by atoms with Crippen LogP contribution in [0.3, 0.4) is 0 Å². The lowest BCUT2D eigenvalue weighted by molar-refractivity contribution is 0.318. The number of aromatic nitrogens is 1. The zero-order chi connectivity index (χ0) is 12.3. The van der Waals surface area contributed by atoms with E-state index < -0.39 is 0 Å². The Morgan fingerprint density at radius 2 is 2.24 bits per heavy atom. The number of hydrogen-bond acceptors (Lipinski definition) is 4. The van der Waals surface area contributed by atoms with Crippen LogP contribution in [0, 0.1) is 0 Å². The van der Waals surface area contributed by atoms with E-state index in [9.17, 15) is 0 Å². The Hall–Kier alpha value is -1.78. The van der Waals surface area contributed by atoms with Gasteiger partial charge in [0.1, 0.15) is 0 Å². The Bertz CT molecular complexity index is 426. The zero-order valence-electron chi connectivity index (χ0n) is 9.89. The van der Waals surface area contributed by atoms with Gasteiger partial charge in [-0.25, -0.2) is 4.98 Å². The van der Waals surface area contributed by atoms with Gasteiger partial charge in [-0.05, 0) is 24.3 Å². The second-order valence-corrected chi connectivity index (χ2v) is 4.28. The summed E-state index contributed by atoms with van der Waals surface area (Å²) in [6.45, 7) is 0. The number of amidine groups is 1. The number of ether oxygens (including phenoxy) is 1. The molecular formula is C12H17N3O2. The molecule has 1 aliphatic rings. The van der Waals surface area contributed by atoms with Gasteiger partial charge in [0.2, 0.25) is 5.88 Å². The largest absolute Gasteiger partial charge is 0.481 e. The summed E-state index contributed by atoms with van der Waals surface area (Å²) in [7, 11) is 1.55. The Kier molecular flexibility index (Phi) is 3.46. The van der Waals surface area contributed by atoms with Gasteiger partial charge in [0.05, 0.1) is 7.11 Å². The van der Waals surface area contributed by atoms with E-state index in [0.29, 0.717) is 11.8 Å². The van der Waals surface area contributed by atoms with Crippen molar-refractivity contribution in [3.63, 3.8) is 0 Å². The molecule has 5 heteroatoms. The predicted molar refractivity (Wildman–Crippen MR) is 64.5 cm³/mol. The second kappa shape index (κ2) is 5.03. The lowest BCUT2D eigenvalue weighted by atomic mass is 9.94. The Balaban J connectivity index is 2.42. The van der Waals surface area contributed by atoms with Crippen LogP contribution in [0.2, 0.25) is 0 Å². The Morgan fingerprint density at radius 3 is 2.82 bits per heavy atom. The first-order valence-electron chi connectivity index (χ1n) is 5.78. The minimum atomic E-state index is 0.118. The highest BCUT2D eigenvalue weighted by Gasteiger charge is 2.22. The van der Waals surface area contributed by atoms with Crippen LogP contribution in [-0.4, -0.2) is 23.1 Å². The van der Waals surface area contributed by atoms with E-state index in [-0.39, 0.29) is 5.84 Å². The third-order valence-corrected chi connectivity index (χ3v) is 3.30. The van der Waals surface area contributed by atoms with Crippen LogP contribution in [0.1, 0.15) is 42.7 Å². The molecule has 0 aliphatic heterocycles. The highest BCUT2D eigenvalue weighted by atomic mass is 16.5. The van der Waals surface area contributed by atoms with Crippen molar-refractivity contribution in [3.8, 4) is 5.88 Å². The van der Waals surface area contributed by atoms with E-state index in [1.54, 1.807) is 19.4 Å². The van der Waals surface area contributed by atoms with Crippen LogP contribution in [-0.2, 0) is 0 Å². The maximum atomic E-state index is 8.82. The van der Waals surface area contributed by atoms with Gasteiger partial charge in [0.15, 0.2) is 5.84 Å². The average Bonchev–Trinajstić information content (AvgIpc) is 2.90. The van der Waals surface area contributed by atoms with Crippen LogP contribution >= 0.6 is 0 Å². The summed E-state index contributed by atoms with van der Waals surface area (Å²) in [5.74, 6) is 1.06. The van der Waals surface area contributed by atoms with E-state index in [1.165, 1.54) is 12.8 Å². The van der Waals surface area contributed by atoms with Crippen molar-refractivity contribution in [1.29, 1.82) is 0 Å². The molecule has 1 fully saturated rings. The molecule has 17 heavy (non-hydrogen) atoms. The number of rotatable bonds is 3. The monoisotopic (exact) mass is 235 g/mol. The van der Waals surface area contributed by atoms with Crippen LogP contribution in [0.5, 0.6) is 5.88 Å². The normalized spacial score (nSPS) is 17.4. The molecule has 1 saturated carbocycles. The van der Waals surface area contributed by atoms with Gasteiger partial charge in [0.25, 0.3) is 0 Å². The van der Waals surface area contributed by atoms with Crippen molar-refractivity contribution in [1.82, 2.24) is 4.98 Å². The predicted octanol–water partition coefficient (Wildman–Crippen LogP) is 1.84. The van der Waals surface area contributed by atoms with Crippen LogP contribution in [0.4, 0.5) is 0 Å². The van der Waals surface area contributed by atoms with E-state index in [0.717, 1.165) is 24.0 Å². The number of pyridine rings is 1. The average molecular weight is 235 g/mol. The van der Waals surface area contributed by atoms with Gasteiger partial charge in [-0.2, -0.15) is 0 Å². The highest BCUT2D eigenvalue weighted by Crippen LogP contribution is 2.36. The van der Waals surface area contributed by atoms with E-state index in [1.807, 2.05) is 0 Å². The molecule has 0 saturated heterocycles. The summed E-state index contributed by atoms with van der Waals surface area (Å²) >= 11 is 0. The number of oxime groups is 1. The zero-order valence-corrected chi connectivity index (χ0v) is 9.89. The number of hydrogen-bond donors (Lipinski definition) is 2. The van der Waals surface area contributed by atoms with E-state index in [2.05, 4.69) is 10.1 Å². The van der Waals surface area contributed by atoms with Gasteiger partial charge in [-0.3, -0.25) is 0 Å². The molecule has 1 aromatic rings. The van der Waals surface area contributed by atoms with Crippen molar-refractivity contribution >= 4 is 5.84 Å². The van der Waals surface area contributed by atoms with Crippen LogP contribution in [0.25, 0.3) is 0 Å². The molecular weight excluding hydrogens is 218 g/mol. The van der Waals surface area contributed by atoms with Crippen molar-refractivity contribution in [2.45, 2.75) is 31.6 Å². The molecule has 0 spiro atoms. The molecule has 0 unspecified atom stereocenters. The second-order valence-electron chi connectivity index (χ2n) is 4.28. The lowest BCUT2D eigenvalue weighted by Gasteiger charge is -2.14. The maximum absolute atomic E-state index is 8.82. The SMILES string of the molecule is COc1cc(/C(N)=N/O)c(C2CCCC2)cn1. The number of methoxy groups -OCH3 is 1. The summed E-state index contributed by atoms with van der Waals surface area (Å²) < 4.78 is 5.06. The molecule has 0 atom stereocenters. The summed E-state index contributed by atoms with van der Waals surface area (Å²) in [4.78, 5) is 4.20. The first kappa shape index (κ1) is 11.7. The van der Waals surface area contributed by atoms with Gasteiger partial charge < -0.3 is 15.7 Å². The fraction of sp³-hybridized carbons (Fsp3) is 0.500. The third-order valence-electron chi connectivity index (χ3n) is 3.30. The molecule has 0 aromatic carbocycles. The molecule has 2 rings (SSSR count). The molecule has 0 radical (unpaired) electrons. The standard InChI is InChI=1S/C12H17N3O2/c1-17-11-6-9(12(13)15-16)10(7-14-11)8-4-2-3-5-8/h6-8,16H,2-5H2,1H3,(H2,13,15). The van der Waals surface area contributed by atoms with Crippen molar-refractivity contribution in [3.05, 3.63) is 23.4 Å². The summed E-state index contributed by atoms with van der Waals surface area (Å²) in [5.41, 5.74) is 7.49. The van der Waals surface area contributed by atoms with Crippen LogP contribution < -0.4 is 10.5 Å². The molecule has 3 N–H and O–H groups in total. The lowest BCUT2D eigenvalue weighted by Crippen LogP contribution is -2.17. The van der Waals surface area contributed by atoms with Crippen molar-refractivity contribution in [2.75, 3.05) is 7.11 Å². The molecule has 0 amide bonds. The smallest absolute Gasteiger partial charge is 0.213 e. The summed E-state index contributed by atoms with van der Waals surface area (Å²) in [6, 6.07) is 1.72. The van der Waals surface area contributed by atoms with Gasteiger partial charge in [-0.15, -0.1) is 0 Å². The highest BCUT2D eigenvalue weighted by molar-refractivity contribution is 5.98. The summed E-state index contributed by atoms with van der Waals surface area (Å²) in [6.07, 6.45) is 6.51. The maximum Gasteiger partial charge on any atom is 0.213 e. The van der Waals surface area contributed by atoms with Crippen molar-refractivity contribution in [2.24, 2.45) is 10.9 Å². The topological polar surface area (TPSA) is 80.7 Å². The van der Waals surface area contributed by atoms with Crippen molar-refractivity contribution < 1.29 is 9.94 Å². The Morgan fingerprint density at radius 1 is 1.53 bits per heavy atom. The molecule has 92 valence electrons. The van der Waals surface area contributed by atoms with Gasteiger partial charge in [0, 0.05) is 17.8 Å². The number of nitrogens with zero attached hydrogens (tertiary/aromatic N) is 2. The first-order valence-corrected chi connectivity index (χ1v) is 5.78. The fourth-order valence-electron chi connectivity index (χ4n) is 2.40. The Labute approximate surface area is 100 Å². The molecule has 1 aromatic heterocycles. The minimum absolute atomic E-state index is 0.118. The quantitative estimate of drug-likeness (QED) is 0.362. The molecule has 0 bridgehead atoms. The molecule has 1 heterocycles. The first-order chi connectivity index (χ1) is 8.26. The number of nitrogens with two attached hydrogens (primary N) is 1. The van der Waals surface area contributed by atoms with Gasteiger partial charge >= 0.3 is 0 Å². The fourth-order valence-corrected chi connectivity index (χ4v) is 2.40. The minimum Gasteiger partial charge on any atom is -0.481 e. The third kappa shape index (κ3) is 2.33. The molecule has 5 nitrogen and oxygen atoms in total. The summed E-state index contributed by atoms with van der Waals surface area (Å²) in [5, 5.41) is 11.9. The van der Waals surface area contributed by atoms with Crippen LogP contribution in [0.15, 0.2) is 17.4 Å². The van der Waals surface area contributed by atoms with Gasteiger partial charge in [-0.1, -0.05) is 18.0 Å². The van der Waals surface area contributed by atoms with E-state index >= 15 is 0 Å². The van der Waals surface area contributed by atoms with E-state index in [4.69, 9.17) is 15.7 Å². The molecule has 1 aliphatic carbocycles.